The fraction of sp³-hybridized carbons (Fsp3) is 0. The zero-order valence-corrected chi connectivity index (χ0v) is 8.32. The van der Waals surface area contributed by atoms with Crippen molar-refractivity contribution in [2.45, 2.75) is 0 Å². The number of benzene rings is 1. The third-order valence-electron chi connectivity index (χ3n) is 1.65. The quantitative estimate of drug-likeness (QED) is 0.700. The highest BCUT2D eigenvalue weighted by molar-refractivity contribution is 9.10. The lowest BCUT2D eigenvalue weighted by Gasteiger charge is -2.09. The predicted molar refractivity (Wildman–Crippen MR) is 53.4 cm³/mol. The maximum atomic E-state index is 4.96. The average molecular weight is 239 g/mol. The summed E-state index contributed by atoms with van der Waals surface area (Å²) in [6, 6.07) is 7.83. The molecule has 0 fully saturated rings. The summed E-state index contributed by atoms with van der Waals surface area (Å²) in [5, 5.41) is 0. The fourth-order valence-electron chi connectivity index (χ4n) is 1.02. The third kappa shape index (κ3) is 1.92. The number of rotatable bonds is 1. The van der Waals surface area contributed by atoms with Crippen molar-refractivity contribution in [3.8, 4) is 0 Å². The molecule has 0 N–H and O–H groups in total. The summed E-state index contributed by atoms with van der Waals surface area (Å²) in [7, 11) is 0. The smallest absolute Gasteiger partial charge is 0.185 e. The second-order valence-corrected chi connectivity index (χ2v) is 3.46. The van der Waals surface area contributed by atoms with Gasteiger partial charge in [-0.3, -0.25) is 9.78 Å². The van der Waals surface area contributed by atoms with Gasteiger partial charge in [-0.25, -0.2) is 0 Å². The van der Waals surface area contributed by atoms with Gasteiger partial charge in [-0.05, 0) is 36.4 Å². The Morgan fingerprint density at radius 2 is 1.85 bits per heavy atom. The van der Waals surface area contributed by atoms with Crippen LogP contribution in [0.4, 0.5) is 0 Å². The Morgan fingerprint density at radius 3 is 2.46 bits per heavy atom. The van der Waals surface area contributed by atoms with Gasteiger partial charge in [0.25, 0.3) is 0 Å². The molecule has 2 nitrogen and oxygen atoms in total. The molecule has 1 aliphatic heterocycles. The Morgan fingerprint density at radius 1 is 1.08 bits per heavy atom. The van der Waals surface area contributed by atoms with Crippen LogP contribution in [0, 0.1) is 0 Å². The van der Waals surface area contributed by atoms with E-state index in [2.05, 4.69) is 15.9 Å². The minimum atomic E-state index is 0.718. The van der Waals surface area contributed by atoms with Crippen molar-refractivity contribution in [2.24, 2.45) is 0 Å². The van der Waals surface area contributed by atoms with Crippen LogP contribution in [-0.2, 0) is 9.78 Å². The fourth-order valence-corrected chi connectivity index (χ4v) is 1.29. The molecule has 0 radical (unpaired) electrons. The third-order valence-corrected chi connectivity index (χ3v) is 2.18. The lowest BCUT2D eigenvalue weighted by atomic mass is 10.2. The second-order valence-electron chi connectivity index (χ2n) is 2.55. The van der Waals surface area contributed by atoms with E-state index in [1.54, 1.807) is 6.08 Å². The molecule has 1 aromatic carbocycles. The van der Waals surface area contributed by atoms with Crippen LogP contribution in [0.3, 0.4) is 0 Å². The zero-order valence-electron chi connectivity index (χ0n) is 6.74. The molecule has 0 amide bonds. The normalized spacial score (nSPS) is 14.4. The van der Waals surface area contributed by atoms with Crippen LogP contribution in [-0.4, -0.2) is 0 Å². The molecule has 2 rings (SSSR count). The van der Waals surface area contributed by atoms with Crippen molar-refractivity contribution in [1.29, 1.82) is 0 Å². The van der Waals surface area contributed by atoms with E-state index in [-0.39, 0.29) is 0 Å². The van der Waals surface area contributed by atoms with Crippen LogP contribution in [0.15, 0.2) is 47.2 Å². The summed E-state index contributed by atoms with van der Waals surface area (Å²) < 4.78 is 1.05. The first kappa shape index (κ1) is 8.38. The molecular formula is C10H7BrO2. The van der Waals surface area contributed by atoms with E-state index in [4.69, 9.17) is 9.78 Å². The van der Waals surface area contributed by atoms with E-state index in [0.717, 1.165) is 15.8 Å². The van der Waals surface area contributed by atoms with Crippen molar-refractivity contribution in [2.75, 3.05) is 0 Å². The number of allylic oxidation sites excluding steroid dienone is 2. The van der Waals surface area contributed by atoms with Crippen LogP contribution in [0.2, 0.25) is 0 Å². The minimum Gasteiger partial charge on any atom is -0.298 e. The van der Waals surface area contributed by atoms with Gasteiger partial charge in [-0.15, -0.1) is 0 Å². The average Bonchev–Trinajstić information content (AvgIpc) is 2.20. The Kier molecular flexibility index (Phi) is 2.36. The second kappa shape index (κ2) is 3.66. The molecule has 0 aliphatic carbocycles. The van der Waals surface area contributed by atoms with Gasteiger partial charge in [-0.1, -0.05) is 15.9 Å². The Labute approximate surface area is 84.5 Å². The number of halogens is 1. The first-order valence-electron chi connectivity index (χ1n) is 3.82. The van der Waals surface area contributed by atoms with Crippen molar-refractivity contribution < 1.29 is 9.78 Å². The monoisotopic (exact) mass is 238 g/mol. The molecule has 0 saturated heterocycles. The van der Waals surface area contributed by atoms with Crippen molar-refractivity contribution in [3.63, 3.8) is 0 Å². The molecule has 0 aromatic heterocycles. The van der Waals surface area contributed by atoms with Gasteiger partial charge in [0.2, 0.25) is 0 Å². The number of hydrogen-bond acceptors (Lipinski definition) is 2. The molecular weight excluding hydrogens is 232 g/mol. The van der Waals surface area contributed by atoms with Gasteiger partial charge in [-0.2, -0.15) is 0 Å². The Hall–Kier alpha value is -1.22. The van der Waals surface area contributed by atoms with Crippen LogP contribution in [0.1, 0.15) is 5.56 Å². The molecule has 3 heteroatoms. The Bertz CT molecular complexity index is 352. The van der Waals surface area contributed by atoms with Gasteiger partial charge >= 0.3 is 0 Å². The topological polar surface area (TPSA) is 18.5 Å². The Balaban J connectivity index is 2.30. The van der Waals surface area contributed by atoms with Crippen molar-refractivity contribution in [3.05, 3.63) is 52.7 Å². The largest absolute Gasteiger partial charge is 0.298 e. The highest BCUT2D eigenvalue weighted by Crippen LogP contribution is 2.21. The molecule has 0 unspecified atom stereocenters. The van der Waals surface area contributed by atoms with Gasteiger partial charge in [0.05, 0.1) is 0 Å². The molecule has 13 heavy (non-hydrogen) atoms. The van der Waals surface area contributed by atoms with E-state index in [0.29, 0.717) is 0 Å². The van der Waals surface area contributed by atoms with Crippen LogP contribution in [0.5, 0.6) is 0 Å². The molecule has 66 valence electrons. The molecule has 0 saturated carbocycles. The lowest BCUT2D eigenvalue weighted by Crippen LogP contribution is -1.93. The van der Waals surface area contributed by atoms with Crippen LogP contribution < -0.4 is 0 Å². The summed E-state index contributed by atoms with van der Waals surface area (Å²) in [6.45, 7) is 0. The van der Waals surface area contributed by atoms with Crippen molar-refractivity contribution in [1.82, 2.24) is 0 Å². The molecule has 0 bridgehead atoms. The molecule has 1 aromatic rings. The first-order chi connectivity index (χ1) is 6.36. The zero-order chi connectivity index (χ0) is 9.10. The lowest BCUT2D eigenvalue weighted by molar-refractivity contribution is -0.182. The van der Waals surface area contributed by atoms with Crippen LogP contribution >= 0.6 is 15.9 Å². The first-order valence-corrected chi connectivity index (χ1v) is 4.62. The van der Waals surface area contributed by atoms with E-state index in [1.165, 1.54) is 6.26 Å². The summed E-state index contributed by atoms with van der Waals surface area (Å²) >= 11 is 3.36. The molecule has 1 heterocycles. The van der Waals surface area contributed by atoms with Gasteiger partial charge in [0, 0.05) is 10.0 Å². The summed E-state index contributed by atoms with van der Waals surface area (Å²) in [4.78, 5) is 9.67. The summed E-state index contributed by atoms with van der Waals surface area (Å²) in [6.07, 6.45) is 5.13. The highest BCUT2D eigenvalue weighted by Gasteiger charge is 2.05. The predicted octanol–water partition coefficient (Wildman–Crippen LogP) is 3.27. The highest BCUT2D eigenvalue weighted by atomic mass is 79.9. The van der Waals surface area contributed by atoms with Gasteiger partial charge < -0.3 is 0 Å². The van der Waals surface area contributed by atoms with E-state index in [1.807, 2.05) is 30.3 Å². The maximum Gasteiger partial charge on any atom is 0.185 e. The van der Waals surface area contributed by atoms with Gasteiger partial charge in [0.15, 0.2) is 5.76 Å². The van der Waals surface area contributed by atoms with E-state index < -0.39 is 0 Å². The molecule has 1 aliphatic rings. The van der Waals surface area contributed by atoms with E-state index in [9.17, 15) is 0 Å². The standard InChI is InChI=1S/C10H7BrO2/c11-9-5-3-8(4-6-9)10-2-1-7-12-13-10/h1-7H. The minimum absolute atomic E-state index is 0.718. The summed E-state index contributed by atoms with van der Waals surface area (Å²) in [5.41, 5.74) is 0.993. The molecule has 0 spiro atoms. The summed E-state index contributed by atoms with van der Waals surface area (Å²) in [5.74, 6) is 0.718. The SMILES string of the molecule is Brc1ccc(C2=CC=COO2)cc1. The van der Waals surface area contributed by atoms with E-state index >= 15 is 0 Å². The van der Waals surface area contributed by atoms with Crippen molar-refractivity contribution >= 4 is 21.7 Å². The van der Waals surface area contributed by atoms with Gasteiger partial charge in [0.1, 0.15) is 6.26 Å². The number of hydrogen-bond donors (Lipinski definition) is 0. The van der Waals surface area contributed by atoms with Crippen LogP contribution in [0.25, 0.3) is 5.76 Å². The maximum absolute atomic E-state index is 4.96. The molecule has 0 atom stereocenters.